The molecule has 0 amide bonds. The van der Waals surface area contributed by atoms with Gasteiger partial charge in [-0.25, -0.2) is 4.39 Å². The monoisotopic (exact) mass is 283 g/mol. The first-order valence-corrected chi connectivity index (χ1v) is 7.56. The van der Waals surface area contributed by atoms with E-state index in [2.05, 4.69) is 44.3 Å². The SMILES string of the molecule is CC(C)(C)c1ccc2c(c1)CC(c1ccc(F)cc1)CN2. The lowest BCUT2D eigenvalue weighted by Crippen LogP contribution is -2.22. The van der Waals surface area contributed by atoms with Crippen molar-refractivity contribution in [3.63, 3.8) is 0 Å². The number of rotatable bonds is 1. The Kier molecular flexibility index (Phi) is 3.48. The summed E-state index contributed by atoms with van der Waals surface area (Å²) >= 11 is 0. The van der Waals surface area contributed by atoms with Gasteiger partial charge in [-0.1, -0.05) is 45.0 Å². The molecule has 0 saturated heterocycles. The molecule has 0 spiro atoms. The highest BCUT2D eigenvalue weighted by atomic mass is 19.1. The smallest absolute Gasteiger partial charge is 0.123 e. The number of halogens is 1. The molecule has 2 aromatic carbocycles. The van der Waals surface area contributed by atoms with Crippen molar-refractivity contribution >= 4 is 5.69 Å². The predicted molar refractivity (Wildman–Crippen MR) is 86.5 cm³/mol. The summed E-state index contributed by atoms with van der Waals surface area (Å²) in [5, 5.41) is 3.51. The fraction of sp³-hybridized carbons (Fsp3) is 0.368. The number of anilines is 1. The Morgan fingerprint density at radius 1 is 1.05 bits per heavy atom. The molecule has 2 heteroatoms. The average molecular weight is 283 g/mol. The van der Waals surface area contributed by atoms with Crippen LogP contribution in [0.5, 0.6) is 0 Å². The number of fused-ring (bicyclic) bond motifs is 1. The van der Waals surface area contributed by atoms with Crippen LogP contribution in [0.25, 0.3) is 0 Å². The lowest BCUT2D eigenvalue weighted by Gasteiger charge is -2.29. The molecule has 0 saturated carbocycles. The maximum Gasteiger partial charge on any atom is 0.123 e. The largest absolute Gasteiger partial charge is 0.384 e. The van der Waals surface area contributed by atoms with Crippen LogP contribution in [-0.2, 0) is 11.8 Å². The molecule has 0 aromatic heterocycles. The van der Waals surface area contributed by atoms with Crippen molar-refractivity contribution in [2.24, 2.45) is 0 Å². The Morgan fingerprint density at radius 2 is 1.76 bits per heavy atom. The van der Waals surface area contributed by atoms with Crippen molar-refractivity contribution in [1.82, 2.24) is 0 Å². The van der Waals surface area contributed by atoms with Crippen LogP contribution in [-0.4, -0.2) is 6.54 Å². The summed E-state index contributed by atoms with van der Waals surface area (Å²) in [6.07, 6.45) is 1.01. The summed E-state index contributed by atoms with van der Waals surface area (Å²) in [5.41, 5.74) is 5.33. The third-order valence-electron chi connectivity index (χ3n) is 4.32. The summed E-state index contributed by atoms with van der Waals surface area (Å²) in [7, 11) is 0. The van der Waals surface area contributed by atoms with Crippen molar-refractivity contribution in [3.8, 4) is 0 Å². The van der Waals surface area contributed by atoms with Crippen molar-refractivity contribution < 1.29 is 4.39 Å². The van der Waals surface area contributed by atoms with Crippen LogP contribution in [0.3, 0.4) is 0 Å². The number of hydrogen-bond donors (Lipinski definition) is 1. The van der Waals surface area contributed by atoms with Crippen LogP contribution >= 0.6 is 0 Å². The van der Waals surface area contributed by atoms with Gasteiger partial charge in [0.25, 0.3) is 0 Å². The standard InChI is InChI=1S/C19H22FN/c1-19(2,3)16-6-9-18-14(11-16)10-15(12-21-18)13-4-7-17(20)8-5-13/h4-9,11,15,21H,10,12H2,1-3H3. The number of hydrogen-bond acceptors (Lipinski definition) is 1. The molecule has 2 aromatic rings. The highest BCUT2D eigenvalue weighted by Crippen LogP contribution is 2.34. The van der Waals surface area contributed by atoms with Gasteiger partial charge in [0.2, 0.25) is 0 Å². The zero-order valence-corrected chi connectivity index (χ0v) is 12.9. The second-order valence-corrected chi connectivity index (χ2v) is 6.96. The molecule has 1 atom stereocenters. The fourth-order valence-electron chi connectivity index (χ4n) is 2.94. The summed E-state index contributed by atoms with van der Waals surface area (Å²) in [4.78, 5) is 0. The third-order valence-corrected chi connectivity index (χ3v) is 4.32. The molecule has 110 valence electrons. The predicted octanol–water partition coefficient (Wildman–Crippen LogP) is 4.88. The Morgan fingerprint density at radius 3 is 2.43 bits per heavy atom. The first-order valence-electron chi connectivity index (χ1n) is 7.56. The molecule has 0 fully saturated rings. The molecule has 1 aliphatic rings. The molecule has 0 radical (unpaired) electrons. The summed E-state index contributed by atoms with van der Waals surface area (Å²) in [5.74, 6) is 0.242. The summed E-state index contributed by atoms with van der Waals surface area (Å²) < 4.78 is 13.1. The molecule has 1 heterocycles. The Labute approximate surface area is 126 Å². The van der Waals surface area contributed by atoms with Gasteiger partial charge < -0.3 is 5.32 Å². The summed E-state index contributed by atoms with van der Waals surface area (Å²) in [6, 6.07) is 13.6. The lowest BCUT2D eigenvalue weighted by atomic mass is 9.82. The second-order valence-electron chi connectivity index (χ2n) is 6.96. The van der Waals surface area contributed by atoms with Gasteiger partial charge in [0.15, 0.2) is 0 Å². The van der Waals surface area contributed by atoms with E-state index in [1.165, 1.54) is 22.4 Å². The molecule has 3 rings (SSSR count). The molecule has 1 N–H and O–H groups in total. The first-order chi connectivity index (χ1) is 9.93. The molecule has 1 aliphatic heterocycles. The normalized spacial score (nSPS) is 18.0. The van der Waals surface area contributed by atoms with Crippen LogP contribution in [0, 0.1) is 5.82 Å². The lowest BCUT2D eigenvalue weighted by molar-refractivity contribution is 0.587. The van der Waals surface area contributed by atoms with E-state index >= 15 is 0 Å². The zero-order valence-electron chi connectivity index (χ0n) is 12.9. The minimum absolute atomic E-state index is 0.165. The van der Waals surface area contributed by atoms with Crippen LogP contribution in [0.1, 0.15) is 43.4 Å². The molecule has 0 aliphatic carbocycles. The molecular formula is C19H22FN. The molecule has 1 nitrogen and oxygen atoms in total. The van der Waals surface area contributed by atoms with Crippen LogP contribution in [0.4, 0.5) is 10.1 Å². The van der Waals surface area contributed by atoms with E-state index in [9.17, 15) is 4.39 Å². The van der Waals surface area contributed by atoms with Crippen LogP contribution in [0.15, 0.2) is 42.5 Å². The minimum atomic E-state index is -0.169. The molecule has 21 heavy (non-hydrogen) atoms. The van der Waals surface area contributed by atoms with Gasteiger partial charge in [-0.2, -0.15) is 0 Å². The maximum atomic E-state index is 13.1. The van der Waals surface area contributed by atoms with E-state index < -0.39 is 0 Å². The summed E-state index contributed by atoms with van der Waals surface area (Å²) in [6.45, 7) is 7.63. The van der Waals surface area contributed by atoms with Gasteiger partial charge in [0.1, 0.15) is 5.82 Å². The molecule has 0 bridgehead atoms. The van der Waals surface area contributed by atoms with Crippen molar-refractivity contribution in [3.05, 3.63) is 65.0 Å². The van der Waals surface area contributed by atoms with Gasteiger partial charge in [0.05, 0.1) is 0 Å². The quantitative estimate of drug-likeness (QED) is 0.787. The van der Waals surface area contributed by atoms with Crippen LogP contribution < -0.4 is 5.32 Å². The van der Waals surface area contributed by atoms with Crippen molar-refractivity contribution in [2.75, 3.05) is 11.9 Å². The first kappa shape index (κ1) is 14.1. The molecular weight excluding hydrogens is 261 g/mol. The maximum absolute atomic E-state index is 13.1. The average Bonchev–Trinajstić information content (AvgIpc) is 2.46. The zero-order chi connectivity index (χ0) is 15.0. The minimum Gasteiger partial charge on any atom is -0.384 e. The number of nitrogens with one attached hydrogen (secondary N) is 1. The van der Waals surface area contributed by atoms with Gasteiger partial charge in [-0.05, 0) is 46.7 Å². The Hall–Kier alpha value is -1.83. The Bertz CT molecular complexity index is 638. The topological polar surface area (TPSA) is 12.0 Å². The van der Waals surface area contributed by atoms with Gasteiger partial charge in [0, 0.05) is 18.2 Å². The van der Waals surface area contributed by atoms with Crippen molar-refractivity contribution in [1.29, 1.82) is 0 Å². The third kappa shape index (κ3) is 2.94. The van der Waals surface area contributed by atoms with Gasteiger partial charge >= 0.3 is 0 Å². The highest BCUT2D eigenvalue weighted by Gasteiger charge is 2.22. The van der Waals surface area contributed by atoms with Crippen LogP contribution in [0.2, 0.25) is 0 Å². The van der Waals surface area contributed by atoms with E-state index in [4.69, 9.17) is 0 Å². The Balaban J connectivity index is 1.88. The van der Waals surface area contributed by atoms with E-state index in [1.807, 2.05) is 12.1 Å². The van der Waals surface area contributed by atoms with E-state index in [1.54, 1.807) is 12.1 Å². The van der Waals surface area contributed by atoms with E-state index in [0.717, 1.165) is 13.0 Å². The highest BCUT2D eigenvalue weighted by molar-refractivity contribution is 5.56. The second kappa shape index (κ2) is 5.18. The fourth-order valence-corrected chi connectivity index (χ4v) is 2.94. The van der Waals surface area contributed by atoms with Gasteiger partial charge in [-0.3, -0.25) is 0 Å². The van der Waals surface area contributed by atoms with E-state index in [0.29, 0.717) is 5.92 Å². The van der Waals surface area contributed by atoms with E-state index in [-0.39, 0.29) is 11.2 Å². The number of benzene rings is 2. The van der Waals surface area contributed by atoms with Crippen molar-refractivity contribution in [2.45, 2.75) is 38.5 Å². The molecule has 1 unspecified atom stereocenters. The van der Waals surface area contributed by atoms with Gasteiger partial charge in [-0.15, -0.1) is 0 Å².